The Morgan fingerprint density at radius 2 is 1.84 bits per heavy atom. The molecule has 6 nitrogen and oxygen atoms in total. The number of amidine groups is 1. The summed E-state index contributed by atoms with van der Waals surface area (Å²) in [5.41, 5.74) is 0.789. The van der Waals surface area contributed by atoms with Crippen LogP contribution < -0.4 is 14.4 Å². The Morgan fingerprint density at radius 1 is 1.16 bits per heavy atom. The molecule has 0 spiro atoms. The van der Waals surface area contributed by atoms with Crippen molar-refractivity contribution in [3.8, 4) is 11.5 Å². The van der Waals surface area contributed by atoms with Crippen molar-refractivity contribution in [1.29, 1.82) is 5.41 Å². The van der Waals surface area contributed by atoms with Crippen LogP contribution in [0.4, 0.5) is 5.69 Å². The van der Waals surface area contributed by atoms with E-state index in [0.29, 0.717) is 29.9 Å². The van der Waals surface area contributed by atoms with Gasteiger partial charge in [0.2, 0.25) is 0 Å². The minimum atomic E-state index is -3.03. The molecule has 3 rings (SSSR count). The van der Waals surface area contributed by atoms with Crippen LogP contribution >= 0.6 is 11.8 Å². The summed E-state index contributed by atoms with van der Waals surface area (Å²) in [4.78, 5) is 1.82. The van der Waals surface area contributed by atoms with E-state index in [4.69, 9.17) is 14.9 Å². The standard InChI is InChI=1S/C17H24N2O4S2/c1-3-7-22-14-6-5-12(9-15(14)23-8-4-2)19-13-10-25(20,21)11-16(13)24-17(19)18/h5-6,9,13,16,18H,3-4,7-8,10-11H2,1-2H3. The number of nitrogens with zero attached hydrogens (tertiary/aromatic N) is 1. The zero-order chi connectivity index (χ0) is 18.0. The maximum Gasteiger partial charge on any atom is 0.163 e. The lowest BCUT2D eigenvalue weighted by atomic mass is 10.2. The number of sulfone groups is 1. The third kappa shape index (κ3) is 3.89. The molecule has 2 aliphatic rings. The van der Waals surface area contributed by atoms with E-state index in [9.17, 15) is 8.42 Å². The maximum absolute atomic E-state index is 12.0. The highest BCUT2D eigenvalue weighted by Gasteiger charge is 2.48. The SMILES string of the molecule is CCCOc1ccc(N2C(=N)SC3CS(=O)(=O)CC32)cc1OCCC. The van der Waals surface area contributed by atoms with Crippen molar-refractivity contribution < 1.29 is 17.9 Å². The van der Waals surface area contributed by atoms with Crippen LogP contribution in [0.15, 0.2) is 18.2 Å². The summed E-state index contributed by atoms with van der Waals surface area (Å²) in [5, 5.41) is 8.60. The van der Waals surface area contributed by atoms with Crippen molar-refractivity contribution in [2.24, 2.45) is 0 Å². The Kier molecular flexibility index (Phi) is 5.48. The van der Waals surface area contributed by atoms with Gasteiger partial charge in [0.15, 0.2) is 26.5 Å². The number of thioether (sulfide) groups is 1. The van der Waals surface area contributed by atoms with Gasteiger partial charge in [-0.15, -0.1) is 0 Å². The molecule has 1 aromatic rings. The minimum absolute atomic E-state index is 0.0615. The highest BCUT2D eigenvalue weighted by Crippen LogP contribution is 2.42. The van der Waals surface area contributed by atoms with Crippen molar-refractivity contribution in [3.05, 3.63) is 18.2 Å². The molecule has 1 aromatic carbocycles. The molecule has 2 fully saturated rings. The van der Waals surface area contributed by atoms with E-state index in [1.807, 2.05) is 36.9 Å². The van der Waals surface area contributed by atoms with Crippen LogP contribution in [0.25, 0.3) is 0 Å². The van der Waals surface area contributed by atoms with Gasteiger partial charge in [-0.25, -0.2) is 8.42 Å². The average molecular weight is 385 g/mol. The van der Waals surface area contributed by atoms with Gasteiger partial charge in [-0.2, -0.15) is 0 Å². The maximum atomic E-state index is 12.0. The Bertz CT molecular complexity index is 751. The van der Waals surface area contributed by atoms with Crippen LogP contribution in [0.5, 0.6) is 11.5 Å². The molecule has 25 heavy (non-hydrogen) atoms. The molecule has 2 heterocycles. The Hall–Kier alpha value is -1.41. The molecular weight excluding hydrogens is 360 g/mol. The average Bonchev–Trinajstić information content (AvgIpc) is 3.01. The van der Waals surface area contributed by atoms with Crippen molar-refractivity contribution >= 4 is 32.5 Å². The lowest BCUT2D eigenvalue weighted by Gasteiger charge is -2.25. The van der Waals surface area contributed by atoms with Gasteiger partial charge in [-0.1, -0.05) is 25.6 Å². The molecule has 0 aliphatic carbocycles. The quantitative estimate of drug-likeness (QED) is 0.779. The second kappa shape index (κ2) is 7.45. The van der Waals surface area contributed by atoms with E-state index in [2.05, 4.69) is 0 Å². The highest BCUT2D eigenvalue weighted by atomic mass is 32.2. The first-order chi connectivity index (χ1) is 11.9. The van der Waals surface area contributed by atoms with Crippen molar-refractivity contribution in [1.82, 2.24) is 0 Å². The first kappa shape index (κ1) is 18.4. The van der Waals surface area contributed by atoms with E-state index < -0.39 is 9.84 Å². The van der Waals surface area contributed by atoms with Crippen LogP contribution in [0.1, 0.15) is 26.7 Å². The largest absolute Gasteiger partial charge is 0.490 e. The number of ether oxygens (including phenoxy) is 2. The Balaban J connectivity index is 1.89. The molecule has 0 radical (unpaired) electrons. The highest BCUT2D eigenvalue weighted by molar-refractivity contribution is 8.15. The molecule has 2 unspecified atom stereocenters. The molecule has 0 aromatic heterocycles. The molecule has 138 valence electrons. The second-order valence-corrected chi connectivity index (χ2v) is 9.69. The smallest absolute Gasteiger partial charge is 0.163 e. The summed E-state index contributed by atoms with van der Waals surface area (Å²) in [6.45, 7) is 5.28. The summed E-state index contributed by atoms with van der Waals surface area (Å²) >= 11 is 1.34. The van der Waals surface area contributed by atoms with Gasteiger partial charge in [0.05, 0.1) is 30.8 Å². The zero-order valence-corrected chi connectivity index (χ0v) is 16.2. The third-order valence-corrected chi connectivity index (χ3v) is 7.35. The zero-order valence-electron chi connectivity index (χ0n) is 14.5. The van der Waals surface area contributed by atoms with E-state index in [-0.39, 0.29) is 22.8 Å². The minimum Gasteiger partial charge on any atom is -0.490 e. The summed E-state index contributed by atoms with van der Waals surface area (Å²) < 4.78 is 35.5. The van der Waals surface area contributed by atoms with Crippen molar-refractivity contribution in [3.63, 3.8) is 0 Å². The molecule has 1 N–H and O–H groups in total. The molecule has 8 heteroatoms. The number of fused-ring (bicyclic) bond motifs is 1. The van der Waals surface area contributed by atoms with Gasteiger partial charge in [0, 0.05) is 17.0 Å². The summed E-state index contributed by atoms with van der Waals surface area (Å²) in [6, 6.07) is 5.42. The van der Waals surface area contributed by atoms with Crippen LogP contribution in [0.2, 0.25) is 0 Å². The fraction of sp³-hybridized carbons (Fsp3) is 0.588. The predicted octanol–water partition coefficient (Wildman–Crippen LogP) is 2.92. The summed E-state index contributed by atoms with van der Waals surface area (Å²) in [5.74, 6) is 1.59. The Morgan fingerprint density at radius 3 is 2.52 bits per heavy atom. The number of nitrogens with one attached hydrogen (secondary N) is 1. The van der Waals surface area contributed by atoms with Gasteiger partial charge < -0.3 is 14.4 Å². The third-order valence-electron chi connectivity index (χ3n) is 4.21. The molecule has 2 atom stereocenters. The summed E-state index contributed by atoms with van der Waals surface area (Å²) in [7, 11) is -3.03. The molecule has 0 amide bonds. The van der Waals surface area contributed by atoms with Crippen LogP contribution in [0, 0.1) is 5.41 Å². The number of benzene rings is 1. The van der Waals surface area contributed by atoms with Crippen LogP contribution in [0.3, 0.4) is 0 Å². The van der Waals surface area contributed by atoms with Gasteiger partial charge in [0.25, 0.3) is 0 Å². The van der Waals surface area contributed by atoms with Gasteiger partial charge in [0.1, 0.15) is 0 Å². The number of anilines is 1. The molecule has 2 saturated heterocycles. The van der Waals surface area contributed by atoms with Gasteiger partial charge in [-0.3, -0.25) is 5.41 Å². The van der Waals surface area contributed by atoms with E-state index in [1.165, 1.54) is 11.8 Å². The molecule has 0 bridgehead atoms. The van der Waals surface area contributed by atoms with Crippen molar-refractivity contribution in [2.75, 3.05) is 29.6 Å². The van der Waals surface area contributed by atoms with Crippen LogP contribution in [-0.2, 0) is 9.84 Å². The number of hydrogen-bond acceptors (Lipinski definition) is 6. The van der Waals surface area contributed by atoms with Crippen molar-refractivity contribution in [2.45, 2.75) is 38.0 Å². The topological polar surface area (TPSA) is 79.7 Å². The summed E-state index contributed by atoms with van der Waals surface area (Å²) in [6.07, 6.45) is 1.79. The predicted molar refractivity (Wildman–Crippen MR) is 102 cm³/mol. The fourth-order valence-corrected chi connectivity index (χ4v) is 6.91. The van der Waals surface area contributed by atoms with Crippen LogP contribution in [-0.4, -0.2) is 49.6 Å². The fourth-order valence-electron chi connectivity index (χ4n) is 3.11. The monoisotopic (exact) mass is 384 g/mol. The Labute approximate surface area is 153 Å². The van der Waals surface area contributed by atoms with Gasteiger partial charge >= 0.3 is 0 Å². The van der Waals surface area contributed by atoms with E-state index >= 15 is 0 Å². The second-order valence-electron chi connectivity index (χ2n) is 6.30. The lowest BCUT2D eigenvalue weighted by Crippen LogP contribution is -2.37. The molecule has 2 aliphatic heterocycles. The number of hydrogen-bond donors (Lipinski definition) is 1. The lowest BCUT2D eigenvalue weighted by molar-refractivity contribution is 0.268. The first-order valence-electron chi connectivity index (χ1n) is 8.59. The molecular formula is C17H24N2O4S2. The van der Waals surface area contributed by atoms with Gasteiger partial charge in [-0.05, 0) is 25.0 Å². The first-order valence-corrected chi connectivity index (χ1v) is 11.3. The normalized spacial score (nSPS) is 24.4. The van der Waals surface area contributed by atoms with E-state index in [0.717, 1.165) is 18.5 Å². The van der Waals surface area contributed by atoms with E-state index in [1.54, 1.807) is 0 Å². The number of rotatable bonds is 7. The molecule has 0 saturated carbocycles.